The van der Waals surface area contributed by atoms with Crippen LogP contribution in [0.2, 0.25) is 5.02 Å². The summed E-state index contributed by atoms with van der Waals surface area (Å²) in [5.41, 5.74) is 6.87. The Balaban J connectivity index is 2.08. The molecule has 1 saturated carbocycles. The van der Waals surface area contributed by atoms with E-state index in [2.05, 4.69) is 11.8 Å². The van der Waals surface area contributed by atoms with Crippen LogP contribution in [0.4, 0.5) is 5.69 Å². The molecule has 0 aliphatic heterocycles. The van der Waals surface area contributed by atoms with Gasteiger partial charge in [-0.3, -0.25) is 15.0 Å². The van der Waals surface area contributed by atoms with E-state index in [0.717, 1.165) is 37.8 Å². The highest BCUT2D eigenvalue weighted by Crippen LogP contribution is 2.27. The third-order valence-electron chi connectivity index (χ3n) is 4.26. The second-order valence-electron chi connectivity index (χ2n) is 5.67. The van der Waals surface area contributed by atoms with E-state index in [4.69, 9.17) is 17.3 Å². The molecule has 1 aliphatic carbocycles. The molecule has 0 heterocycles. The summed E-state index contributed by atoms with van der Waals surface area (Å²) in [6, 6.07) is 5.91. The maximum Gasteiger partial charge on any atom is 0.288 e. The number of nitrogens with two attached hydrogens (primary N) is 1. The Labute approximate surface area is 130 Å². The lowest BCUT2D eigenvalue weighted by Gasteiger charge is -2.35. The number of nitro benzene ring substituents is 1. The van der Waals surface area contributed by atoms with E-state index >= 15 is 0 Å². The summed E-state index contributed by atoms with van der Waals surface area (Å²) in [6.07, 6.45) is 4.32. The number of benzene rings is 1. The van der Waals surface area contributed by atoms with Gasteiger partial charge in [-0.1, -0.05) is 24.6 Å². The van der Waals surface area contributed by atoms with Gasteiger partial charge in [0.2, 0.25) is 0 Å². The van der Waals surface area contributed by atoms with Crippen molar-refractivity contribution in [2.75, 3.05) is 6.54 Å². The highest BCUT2D eigenvalue weighted by Gasteiger charge is 2.24. The number of nitrogens with zero attached hydrogens (tertiary/aromatic N) is 2. The van der Waals surface area contributed by atoms with Crippen molar-refractivity contribution in [1.82, 2.24) is 4.90 Å². The Morgan fingerprint density at radius 2 is 2.05 bits per heavy atom. The molecule has 21 heavy (non-hydrogen) atoms. The van der Waals surface area contributed by atoms with E-state index in [1.807, 2.05) is 6.07 Å². The molecule has 6 heteroatoms. The third-order valence-corrected chi connectivity index (χ3v) is 4.58. The maximum atomic E-state index is 11.0. The van der Waals surface area contributed by atoms with Crippen LogP contribution < -0.4 is 5.73 Å². The van der Waals surface area contributed by atoms with E-state index in [1.165, 1.54) is 0 Å². The van der Waals surface area contributed by atoms with Crippen molar-refractivity contribution in [2.45, 2.75) is 51.2 Å². The Morgan fingerprint density at radius 3 is 2.62 bits per heavy atom. The molecule has 0 bridgehead atoms. The minimum atomic E-state index is -0.429. The van der Waals surface area contributed by atoms with Gasteiger partial charge in [0.05, 0.1) is 4.92 Å². The summed E-state index contributed by atoms with van der Waals surface area (Å²) >= 11 is 5.86. The van der Waals surface area contributed by atoms with E-state index in [9.17, 15) is 10.1 Å². The molecule has 2 rings (SSSR count). The Morgan fingerprint density at radius 1 is 1.38 bits per heavy atom. The van der Waals surface area contributed by atoms with Gasteiger partial charge in [-0.25, -0.2) is 0 Å². The molecule has 0 radical (unpaired) electrons. The zero-order valence-corrected chi connectivity index (χ0v) is 13.1. The molecule has 1 fully saturated rings. The first-order valence-corrected chi connectivity index (χ1v) is 7.81. The van der Waals surface area contributed by atoms with Crippen LogP contribution in [0.25, 0.3) is 0 Å². The van der Waals surface area contributed by atoms with Crippen molar-refractivity contribution in [2.24, 2.45) is 5.73 Å². The number of hydrogen-bond donors (Lipinski definition) is 1. The molecular weight excluding hydrogens is 290 g/mol. The van der Waals surface area contributed by atoms with E-state index in [1.54, 1.807) is 12.1 Å². The lowest BCUT2D eigenvalue weighted by molar-refractivity contribution is -0.384. The zero-order valence-electron chi connectivity index (χ0n) is 12.3. The van der Waals surface area contributed by atoms with Crippen LogP contribution in [0, 0.1) is 10.1 Å². The van der Waals surface area contributed by atoms with E-state index in [-0.39, 0.29) is 10.7 Å². The smallest absolute Gasteiger partial charge is 0.288 e. The lowest BCUT2D eigenvalue weighted by atomic mass is 9.90. The molecule has 0 atom stereocenters. The average molecular weight is 312 g/mol. The fraction of sp³-hybridized carbons (Fsp3) is 0.600. The van der Waals surface area contributed by atoms with Gasteiger partial charge in [0.1, 0.15) is 5.02 Å². The van der Waals surface area contributed by atoms with Crippen molar-refractivity contribution in [3.8, 4) is 0 Å². The summed E-state index contributed by atoms with van der Waals surface area (Å²) in [4.78, 5) is 12.9. The van der Waals surface area contributed by atoms with Crippen molar-refractivity contribution < 1.29 is 4.92 Å². The lowest BCUT2D eigenvalue weighted by Crippen LogP contribution is -2.40. The topological polar surface area (TPSA) is 72.4 Å². The molecule has 0 saturated heterocycles. The predicted molar refractivity (Wildman–Crippen MR) is 84.4 cm³/mol. The molecule has 0 spiro atoms. The minimum absolute atomic E-state index is 0.0177. The summed E-state index contributed by atoms with van der Waals surface area (Å²) in [7, 11) is 0. The molecular formula is C15H22ClN3O2. The van der Waals surface area contributed by atoms with Crippen LogP contribution in [0.15, 0.2) is 18.2 Å². The zero-order chi connectivity index (χ0) is 15.4. The molecule has 0 aromatic heterocycles. The van der Waals surface area contributed by atoms with E-state index < -0.39 is 4.92 Å². The first-order valence-electron chi connectivity index (χ1n) is 7.43. The van der Waals surface area contributed by atoms with Crippen molar-refractivity contribution in [3.05, 3.63) is 38.9 Å². The highest BCUT2D eigenvalue weighted by atomic mass is 35.5. The molecule has 1 aromatic carbocycles. The number of rotatable bonds is 5. The summed E-state index contributed by atoms with van der Waals surface area (Å²) in [5, 5.41) is 11.2. The Kier molecular flexibility index (Phi) is 5.56. The monoisotopic (exact) mass is 311 g/mol. The second kappa shape index (κ2) is 7.20. The normalized spacial score (nSPS) is 22.5. The summed E-state index contributed by atoms with van der Waals surface area (Å²) < 4.78 is 0. The first-order chi connectivity index (χ1) is 10.0. The van der Waals surface area contributed by atoms with Crippen LogP contribution >= 0.6 is 11.6 Å². The molecule has 2 N–H and O–H groups in total. The van der Waals surface area contributed by atoms with Crippen molar-refractivity contribution in [3.63, 3.8) is 0 Å². The van der Waals surface area contributed by atoms with Gasteiger partial charge in [0, 0.05) is 24.7 Å². The summed E-state index contributed by atoms with van der Waals surface area (Å²) in [6.45, 7) is 3.77. The Bertz CT molecular complexity index is 502. The summed E-state index contributed by atoms with van der Waals surface area (Å²) in [5.74, 6) is 0. The third kappa shape index (κ3) is 4.15. The number of nitro groups is 1. The predicted octanol–water partition coefficient (Wildman–Crippen LogP) is 3.34. The van der Waals surface area contributed by atoms with Gasteiger partial charge in [-0.15, -0.1) is 0 Å². The van der Waals surface area contributed by atoms with Crippen LogP contribution in [-0.2, 0) is 6.54 Å². The van der Waals surface area contributed by atoms with Crippen molar-refractivity contribution >= 4 is 17.3 Å². The largest absolute Gasteiger partial charge is 0.328 e. The number of hydrogen-bond acceptors (Lipinski definition) is 4. The molecule has 0 amide bonds. The van der Waals surface area contributed by atoms with Crippen LogP contribution in [0.3, 0.4) is 0 Å². The van der Waals surface area contributed by atoms with Gasteiger partial charge in [0.15, 0.2) is 0 Å². The molecule has 5 nitrogen and oxygen atoms in total. The average Bonchev–Trinajstić information content (AvgIpc) is 2.47. The van der Waals surface area contributed by atoms with Gasteiger partial charge < -0.3 is 5.73 Å². The van der Waals surface area contributed by atoms with Gasteiger partial charge >= 0.3 is 0 Å². The number of halogens is 1. The molecule has 116 valence electrons. The SMILES string of the molecule is CCN(Cc1ccc(Cl)c([N+](=O)[O-])c1)C1CCC(N)CC1. The fourth-order valence-corrected chi connectivity index (χ4v) is 3.18. The van der Waals surface area contributed by atoms with Gasteiger partial charge in [-0.05, 0) is 43.9 Å². The van der Waals surface area contributed by atoms with Gasteiger partial charge in [-0.2, -0.15) is 0 Å². The second-order valence-corrected chi connectivity index (χ2v) is 6.08. The fourth-order valence-electron chi connectivity index (χ4n) is 3.00. The highest BCUT2D eigenvalue weighted by molar-refractivity contribution is 6.32. The standard InChI is InChI=1S/C15H22ClN3O2/c1-2-18(13-6-4-12(17)5-7-13)10-11-3-8-14(16)15(9-11)19(20)21/h3,8-9,12-13H,2,4-7,10,17H2,1H3. The minimum Gasteiger partial charge on any atom is -0.328 e. The van der Waals surface area contributed by atoms with E-state index in [0.29, 0.717) is 18.6 Å². The molecule has 1 aliphatic rings. The first kappa shape index (κ1) is 16.2. The quantitative estimate of drug-likeness (QED) is 0.668. The molecule has 1 aromatic rings. The van der Waals surface area contributed by atoms with Gasteiger partial charge in [0.25, 0.3) is 5.69 Å². The van der Waals surface area contributed by atoms with Crippen LogP contribution in [-0.4, -0.2) is 28.5 Å². The van der Waals surface area contributed by atoms with Crippen LogP contribution in [0.5, 0.6) is 0 Å². The van der Waals surface area contributed by atoms with Crippen LogP contribution in [0.1, 0.15) is 38.2 Å². The molecule has 0 unspecified atom stereocenters. The van der Waals surface area contributed by atoms with Crippen molar-refractivity contribution in [1.29, 1.82) is 0 Å². The maximum absolute atomic E-state index is 11.0. The Hall–Kier alpha value is -1.17.